The van der Waals surface area contributed by atoms with Gasteiger partial charge in [0, 0.05) is 30.8 Å². The van der Waals surface area contributed by atoms with E-state index in [0.29, 0.717) is 16.9 Å². The lowest BCUT2D eigenvalue weighted by Gasteiger charge is -2.32. The van der Waals surface area contributed by atoms with Crippen LogP contribution in [0.25, 0.3) is 11.3 Å². The van der Waals surface area contributed by atoms with Crippen molar-refractivity contribution in [3.05, 3.63) is 93.7 Å². The number of rotatable bonds is 7. The third kappa shape index (κ3) is 4.44. The molecule has 0 saturated heterocycles. The van der Waals surface area contributed by atoms with E-state index in [4.69, 9.17) is 4.74 Å². The van der Waals surface area contributed by atoms with Crippen LogP contribution < -0.4 is 4.74 Å². The molecule has 3 aromatic rings. The average molecular weight is 487 g/mol. The number of benzene rings is 2. The summed E-state index contributed by atoms with van der Waals surface area (Å²) in [6.45, 7) is 7.73. The highest BCUT2D eigenvalue weighted by Gasteiger charge is 2.43. The molecule has 0 amide bonds. The largest absolute Gasteiger partial charge is 0.489 e. The van der Waals surface area contributed by atoms with Gasteiger partial charge < -0.3 is 14.9 Å². The van der Waals surface area contributed by atoms with E-state index >= 15 is 0 Å². The smallest absolute Gasteiger partial charge is 0.331 e. The molecule has 2 N–H and O–H groups in total. The summed E-state index contributed by atoms with van der Waals surface area (Å²) in [5.41, 5.74) is 5.25. The molecule has 0 radical (unpaired) electrons. The molecule has 1 aliphatic carbocycles. The second kappa shape index (κ2) is 9.49. The van der Waals surface area contributed by atoms with Gasteiger partial charge in [-0.05, 0) is 79.3 Å². The highest BCUT2D eigenvalue weighted by Crippen LogP contribution is 2.41. The van der Waals surface area contributed by atoms with E-state index in [1.54, 1.807) is 35.9 Å². The second-order valence-corrected chi connectivity index (χ2v) is 9.46. The van der Waals surface area contributed by atoms with Gasteiger partial charge in [0.05, 0.1) is 5.69 Å². The van der Waals surface area contributed by atoms with Crippen molar-refractivity contribution in [2.45, 2.75) is 46.1 Å². The summed E-state index contributed by atoms with van der Waals surface area (Å²) in [6.07, 6.45) is 5.04. The molecular weight excluding hydrogens is 456 g/mol. The maximum Gasteiger partial charge on any atom is 0.331 e. The molecule has 36 heavy (non-hydrogen) atoms. The third-order valence-corrected chi connectivity index (χ3v) is 6.91. The molecular formula is C29H30N2O5. The minimum absolute atomic E-state index is 0.101. The first-order chi connectivity index (χ1) is 17.0. The summed E-state index contributed by atoms with van der Waals surface area (Å²) in [4.78, 5) is 24.5. The van der Waals surface area contributed by atoms with Crippen molar-refractivity contribution in [2.24, 2.45) is 7.05 Å². The molecule has 2 aromatic carbocycles. The summed E-state index contributed by atoms with van der Waals surface area (Å²) >= 11 is 0. The van der Waals surface area contributed by atoms with E-state index in [1.165, 1.54) is 0 Å². The Labute approximate surface area is 210 Å². The van der Waals surface area contributed by atoms with Crippen molar-refractivity contribution in [1.82, 2.24) is 9.78 Å². The van der Waals surface area contributed by atoms with Crippen molar-refractivity contribution in [3.63, 3.8) is 0 Å². The lowest BCUT2D eigenvalue weighted by atomic mass is 9.69. The Bertz CT molecular complexity index is 1430. The molecule has 1 aliphatic rings. The number of aryl methyl sites for hydroxylation is 4. The molecule has 0 bridgehead atoms. The van der Waals surface area contributed by atoms with E-state index in [9.17, 15) is 19.8 Å². The summed E-state index contributed by atoms with van der Waals surface area (Å²) in [5.74, 6) is -1.51. The average Bonchev–Trinajstić information content (AvgIpc) is 3.16. The van der Waals surface area contributed by atoms with E-state index in [-0.39, 0.29) is 18.6 Å². The molecule has 1 aromatic heterocycles. The van der Waals surface area contributed by atoms with Crippen LogP contribution in [0.2, 0.25) is 0 Å². The Balaban J connectivity index is 1.68. The Morgan fingerprint density at radius 1 is 1.06 bits per heavy atom. The number of carboxylic acids is 2. The zero-order valence-electron chi connectivity index (χ0n) is 21.1. The fourth-order valence-corrected chi connectivity index (χ4v) is 4.85. The molecule has 0 saturated carbocycles. The van der Waals surface area contributed by atoms with Crippen LogP contribution in [0.15, 0.2) is 65.9 Å². The van der Waals surface area contributed by atoms with Crippen molar-refractivity contribution in [1.29, 1.82) is 0 Å². The normalized spacial score (nSPS) is 17.4. The van der Waals surface area contributed by atoms with Gasteiger partial charge in [-0.25, -0.2) is 4.79 Å². The number of aromatic nitrogens is 2. The number of ether oxygens (including phenoxy) is 1. The first-order valence-electron chi connectivity index (χ1n) is 11.7. The van der Waals surface area contributed by atoms with Crippen molar-refractivity contribution in [3.8, 4) is 17.0 Å². The topological polar surface area (TPSA) is 102 Å². The quantitative estimate of drug-likeness (QED) is 0.471. The van der Waals surface area contributed by atoms with Crippen molar-refractivity contribution < 1.29 is 24.5 Å². The fraction of sp³-hybridized carbons (Fsp3) is 0.276. The highest BCUT2D eigenvalue weighted by molar-refractivity contribution is 5.94. The number of aliphatic carboxylic acids is 2. The van der Waals surface area contributed by atoms with Crippen LogP contribution in [0.1, 0.15) is 41.2 Å². The highest BCUT2D eigenvalue weighted by atomic mass is 16.5. The van der Waals surface area contributed by atoms with Gasteiger partial charge in [0.2, 0.25) is 0 Å². The maximum atomic E-state index is 12.6. The van der Waals surface area contributed by atoms with Crippen LogP contribution in [-0.2, 0) is 28.7 Å². The lowest BCUT2D eigenvalue weighted by Crippen LogP contribution is -2.38. The SMILES string of the molecule is CC1=C(C(=O)O)CC(C(=O)O)(c2cccc(C)c2COc2ccc(-c3nn(C)cc3C)cc2C)C=C1. The van der Waals surface area contributed by atoms with Gasteiger partial charge in [0.25, 0.3) is 0 Å². The van der Waals surface area contributed by atoms with Gasteiger partial charge >= 0.3 is 11.9 Å². The Hall–Kier alpha value is -4.13. The van der Waals surface area contributed by atoms with Crippen LogP contribution in [0.3, 0.4) is 0 Å². The van der Waals surface area contributed by atoms with Crippen LogP contribution in [0, 0.1) is 20.8 Å². The summed E-state index contributed by atoms with van der Waals surface area (Å²) in [7, 11) is 1.89. The number of carbonyl (C=O) groups is 2. The number of nitrogens with zero attached hydrogens (tertiary/aromatic N) is 2. The molecule has 186 valence electrons. The zero-order chi connectivity index (χ0) is 26.2. The van der Waals surface area contributed by atoms with Gasteiger partial charge in [-0.1, -0.05) is 30.4 Å². The van der Waals surface area contributed by atoms with E-state index < -0.39 is 17.4 Å². The molecule has 7 heteroatoms. The Morgan fingerprint density at radius 2 is 1.81 bits per heavy atom. The van der Waals surface area contributed by atoms with E-state index in [0.717, 1.165) is 33.5 Å². The number of allylic oxidation sites excluding steroid dienone is 2. The predicted octanol–water partition coefficient (Wildman–Crippen LogP) is 5.27. The maximum absolute atomic E-state index is 12.6. The predicted molar refractivity (Wildman–Crippen MR) is 137 cm³/mol. The van der Waals surface area contributed by atoms with E-state index in [1.807, 2.05) is 58.3 Å². The number of hydrogen-bond acceptors (Lipinski definition) is 4. The first-order valence-corrected chi connectivity index (χ1v) is 11.7. The molecule has 1 atom stereocenters. The van der Waals surface area contributed by atoms with Crippen LogP contribution in [0.4, 0.5) is 0 Å². The van der Waals surface area contributed by atoms with Crippen LogP contribution in [0.5, 0.6) is 5.75 Å². The Kier molecular flexibility index (Phi) is 6.59. The first kappa shape index (κ1) is 25.0. The molecule has 0 spiro atoms. The fourth-order valence-electron chi connectivity index (χ4n) is 4.85. The lowest BCUT2D eigenvalue weighted by molar-refractivity contribution is -0.142. The van der Waals surface area contributed by atoms with Gasteiger partial charge in [-0.15, -0.1) is 0 Å². The van der Waals surface area contributed by atoms with Gasteiger partial charge in [-0.3, -0.25) is 9.48 Å². The van der Waals surface area contributed by atoms with Crippen molar-refractivity contribution in [2.75, 3.05) is 0 Å². The minimum atomic E-state index is -1.49. The minimum Gasteiger partial charge on any atom is -0.489 e. The summed E-state index contributed by atoms with van der Waals surface area (Å²) < 4.78 is 8.00. The molecule has 0 fully saturated rings. The number of carboxylic acid groups (broad SMARTS) is 2. The molecule has 0 aliphatic heterocycles. The summed E-state index contributed by atoms with van der Waals surface area (Å²) in [6, 6.07) is 11.4. The molecule has 1 heterocycles. The monoisotopic (exact) mass is 486 g/mol. The molecule has 1 unspecified atom stereocenters. The van der Waals surface area contributed by atoms with Crippen LogP contribution in [-0.4, -0.2) is 31.9 Å². The third-order valence-electron chi connectivity index (χ3n) is 6.91. The second-order valence-electron chi connectivity index (χ2n) is 9.46. The van der Waals surface area contributed by atoms with Crippen molar-refractivity contribution >= 4 is 11.9 Å². The molecule has 4 rings (SSSR count). The number of hydrogen-bond donors (Lipinski definition) is 2. The molecule has 7 nitrogen and oxygen atoms in total. The Morgan fingerprint density at radius 3 is 2.42 bits per heavy atom. The van der Waals surface area contributed by atoms with Crippen LogP contribution >= 0.6 is 0 Å². The standard InChI is InChI=1S/C29H30N2O5/c1-17-7-6-8-24(29(28(34)35)12-11-18(2)22(14-29)27(32)33)23(17)16-36-25-10-9-21(13-19(25)3)26-20(4)15-31(5)30-26/h6-13,15H,14,16H2,1-5H3,(H,32,33)(H,34,35). The zero-order valence-corrected chi connectivity index (χ0v) is 21.1. The van der Waals surface area contributed by atoms with Gasteiger partial charge in [-0.2, -0.15) is 5.10 Å². The van der Waals surface area contributed by atoms with Gasteiger partial charge in [0.1, 0.15) is 17.8 Å². The van der Waals surface area contributed by atoms with E-state index in [2.05, 4.69) is 5.10 Å². The van der Waals surface area contributed by atoms with Gasteiger partial charge in [0.15, 0.2) is 0 Å². The summed E-state index contributed by atoms with van der Waals surface area (Å²) in [5, 5.41) is 24.5.